The number of anilines is 2. The number of nitro benzene ring substituents is 1. The van der Waals surface area contributed by atoms with Gasteiger partial charge in [-0.25, -0.2) is 4.79 Å². The van der Waals surface area contributed by atoms with E-state index in [9.17, 15) is 37.7 Å². The zero-order valence-corrected chi connectivity index (χ0v) is 17.3. The van der Waals surface area contributed by atoms with E-state index >= 15 is 0 Å². The Morgan fingerprint density at radius 1 is 1.09 bits per heavy atom. The lowest BCUT2D eigenvalue weighted by Crippen LogP contribution is -2.26. The van der Waals surface area contributed by atoms with Crippen LogP contribution in [-0.4, -0.2) is 21.3 Å². The molecule has 0 fully saturated rings. The lowest BCUT2D eigenvalue weighted by atomic mass is 10.1. The van der Waals surface area contributed by atoms with Gasteiger partial charge in [-0.15, -0.1) is 0 Å². The number of nitro groups is 1. The van der Waals surface area contributed by atoms with Gasteiger partial charge in [0.2, 0.25) is 5.91 Å². The average molecular weight is 490 g/mol. The summed E-state index contributed by atoms with van der Waals surface area (Å²) in [6, 6.07) is 7.34. The lowest BCUT2D eigenvalue weighted by Gasteiger charge is -2.16. The molecule has 0 atom stereocenters. The van der Waals surface area contributed by atoms with Crippen LogP contribution in [0.1, 0.15) is 15.9 Å². The van der Waals surface area contributed by atoms with E-state index in [0.717, 1.165) is 35.1 Å². The predicted octanol–water partition coefficient (Wildman–Crippen LogP) is 4.01. The second-order valence-corrected chi connectivity index (χ2v) is 7.14. The number of aromatic nitrogens is 1. The molecule has 2 aromatic carbocycles. The van der Waals surface area contributed by atoms with Crippen molar-refractivity contribution in [3.05, 3.63) is 86.8 Å². The van der Waals surface area contributed by atoms with Gasteiger partial charge in [0.05, 0.1) is 39.6 Å². The molecule has 0 aliphatic heterocycles. The molecule has 0 unspecified atom stereocenters. The minimum absolute atomic E-state index is 0.0455. The van der Waals surface area contributed by atoms with Crippen LogP contribution in [0.3, 0.4) is 0 Å². The number of amides is 2. The van der Waals surface area contributed by atoms with Crippen molar-refractivity contribution >= 4 is 40.0 Å². The maximum absolute atomic E-state index is 13.6. The van der Waals surface area contributed by atoms with Crippen LogP contribution in [0.4, 0.5) is 30.2 Å². The molecule has 2 N–H and O–H groups in total. The van der Waals surface area contributed by atoms with E-state index in [1.807, 2.05) is 0 Å². The van der Waals surface area contributed by atoms with Gasteiger partial charge in [0.1, 0.15) is 12.8 Å². The molecular weight excluding hydrogens is 477 g/mol. The van der Waals surface area contributed by atoms with E-state index in [1.165, 1.54) is 18.4 Å². The van der Waals surface area contributed by atoms with Crippen LogP contribution >= 0.6 is 0 Å². The number of furan rings is 1. The topological polar surface area (TPSA) is 150 Å². The third-order valence-electron chi connectivity index (χ3n) is 4.80. The fourth-order valence-corrected chi connectivity index (χ4v) is 3.21. The van der Waals surface area contributed by atoms with Crippen molar-refractivity contribution in [1.82, 2.24) is 4.57 Å². The largest absolute Gasteiger partial charge is 0.472 e. The normalized spacial score (nSPS) is 11.4. The summed E-state index contributed by atoms with van der Waals surface area (Å²) in [6.07, 6.45) is -2.55. The molecule has 11 nitrogen and oxygen atoms in total. The number of fused-ring (bicyclic) bond motifs is 1. The van der Waals surface area contributed by atoms with E-state index in [4.69, 9.17) is 8.83 Å². The number of rotatable bonds is 6. The molecule has 0 radical (unpaired) electrons. The van der Waals surface area contributed by atoms with Crippen molar-refractivity contribution in [3.8, 4) is 0 Å². The number of oxazole rings is 1. The number of carbonyl (C=O) groups is 2. The van der Waals surface area contributed by atoms with Gasteiger partial charge in [-0.1, -0.05) is 0 Å². The first kappa shape index (κ1) is 23.3. The summed E-state index contributed by atoms with van der Waals surface area (Å²) in [4.78, 5) is 46.8. The fraction of sp³-hybridized carbons (Fsp3) is 0.0952. The molecular formula is C21H13F3N4O7. The molecule has 2 heterocycles. The number of hydrogen-bond acceptors (Lipinski definition) is 7. The molecule has 0 bridgehead atoms. The predicted molar refractivity (Wildman–Crippen MR) is 114 cm³/mol. The van der Waals surface area contributed by atoms with E-state index in [-0.39, 0.29) is 28.0 Å². The van der Waals surface area contributed by atoms with Gasteiger partial charge in [-0.05, 0) is 30.3 Å². The van der Waals surface area contributed by atoms with Gasteiger partial charge in [-0.2, -0.15) is 13.2 Å². The van der Waals surface area contributed by atoms with E-state index < -0.39 is 46.5 Å². The van der Waals surface area contributed by atoms with Crippen molar-refractivity contribution in [2.45, 2.75) is 12.7 Å². The molecule has 0 saturated heterocycles. The Bertz CT molecular complexity index is 1500. The third-order valence-corrected chi connectivity index (χ3v) is 4.80. The Hall–Kier alpha value is -4.88. The Labute approximate surface area is 191 Å². The van der Waals surface area contributed by atoms with Gasteiger partial charge in [0, 0.05) is 11.8 Å². The average Bonchev–Trinajstić information content (AvgIpc) is 3.42. The van der Waals surface area contributed by atoms with Crippen LogP contribution in [-0.2, 0) is 17.5 Å². The number of alkyl halides is 3. The minimum atomic E-state index is -4.89. The Kier molecular flexibility index (Phi) is 5.86. The Balaban J connectivity index is 1.57. The first-order valence-corrected chi connectivity index (χ1v) is 9.65. The maximum atomic E-state index is 13.6. The van der Waals surface area contributed by atoms with Gasteiger partial charge >= 0.3 is 11.9 Å². The Morgan fingerprint density at radius 3 is 2.51 bits per heavy atom. The number of non-ortho nitro benzene ring substituents is 1. The summed E-state index contributed by atoms with van der Waals surface area (Å²) >= 11 is 0. The molecule has 14 heteroatoms. The number of benzene rings is 2. The highest BCUT2D eigenvalue weighted by Gasteiger charge is 2.34. The molecule has 35 heavy (non-hydrogen) atoms. The summed E-state index contributed by atoms with van der Waals surface area (Å²) in [7, 11) is 0. The van der Waals surface area contributed by atoms with Crippen LogP contribution < -0.4 is 16.4 Å². The number of carbonyl (C=O) groups excluding carboxylic acids is 2. The first-order valence-electron chi connectivity index (χ1n) is 9.65. The van der Waals surface area contributed by atoms with Crippen molar-refractivity contribution < 1.29 is 36.5 Å². The minimum Gasteiger partial charge on any atom is -0.472 e. The van der Waals surface area contributed by atoms with Gasteiger partial charge in [0.25, 0.3) is 11.6 Å². The van der Waals surface area contributed by atoms with Crippen LogP contribution in [0.25, 0.3) is 11.1 Å². The first-order chi connectivity index (χ1) is 16.5. The molecule has 0 aliphatic rings. The van der Waals surface area contributed by atoms with Crippen molar-refractivity contribution in [2.24, 2.45) is 0 Å². The van der Waals surface area contributed by atoms with E-state index in [1.54, 1.807) is 0 Å². The molecule has 0 spiro atoms. The lowest BCUT2D eigenvalue weighted by molar-refractivity contribution is -0.384. The maximum Gasteiger partial charge on any atom is 0.420 e. The highest BCUT2D eigenvalue weighted by molar-refractivity contribution is 6.04. The SMILES string of the molecule is O=C(Cn1c(=O)oc2cc([N+](=O)[O-])ccc21)Nc1ccc(NC(=O)c2ccoc2)cc1C(F)(F)F. The second-order valence-electron chi connectivity index (χ2n) is 7.14. The summed E-state index contributed by atoms with van der Waals surface area (Å²) in [5.41, 5.74) is -2.40. The van der Waals surface area contributed by atoms with Crippen LogP contribution in [0, 0.1) is 10.1 Å². The molecule has 4 rings (SSSR count). The monoisotopic (exact) mass is 490 g/mol. The quantitative estimate of drug-likeness (QED) is 0.306. The molecule has 0 saturated carbocycles. The van der Waals surface area contributed by atoms with Gasteiger partial charge in [0.15, 0.2) is 5.58 Å². The zero-order chi connectivity index (χ0) is 25.3. The van der Waals surface area contributed by atoms with Crippen LogP contribution in [0.5, 0.6) is 0 Å². The van der Waals surface area contributed by atoms with E-state index in [2.05, 4.69) is 10.6 Å². The molecule has 4 aromatic rings. The Morgan fingerprint density at radius 2 is 1.86 bits per heavy atom. The number of halogens is 3. The molecule has 180 valence electrons. The van der Waals surface area contributed by atoms with Crippen LogP contribution in [0.2, 0.25) is 0 Å². The van der Waals surface area contributed by atoms with E-state index in [0.29, 0.717) is 6.07 Å². The highest BCUT2D eigenvalue weighted by Crippen LogP contribution is 2.36. The third kappa shape index (κ3) is 4.90. The zero-order valence-electron chi connectivity index (χ0n) is 17.3. The number of nitrogens with zero attached hydrogens (tertiary/aromatic N) is 2. The smallest absolute Gasteiger partial charge is 0.420 e. The molecule has 2 amide bonds. The van der Waals surface area contributed by atoms with Gasteiger partial charge in [-0.3, -0.25) is 24.3 Å². The molecule has 2 aromatic heterocycles. The summed E-state index contributed by atoms with van der Waals surface area (Å²) in [6.45, 7) is -0.722. The van der Waals surface area contributed by atoms with Crippen LogP contribution in [0.15, 0.2) is 68.6 Å². The van der Waals surface area contributed by atoms with Gasteiger partial charge < -0.3 is 19.5 Å². The van der Waals surface area contributed by atoms with Crippen molar-refractivity contribution in [1.29, 1.82) is 0 Å². The van der Waals surface area contributed by atoms with Crippen molar-refractivity contribution in [3.63, 3.8) is 0 Å². The molecule has 0 aliphatic carbocycles. The number of hydrogen-bond donors (Lipinski definition) is 2. The van der Waals surface area contributed by atoms with Crippen molar-refractivity contribution in [2.75, 3.05) is 10.6 Å². The standard InChI is InChI=1S/C21H13F3N4O7/c22-21(23,24)14-7-12(25-19(30)11-5-6-34-10-11)1-3-15(14)26-18(29)9-27-16-4-2-13(28(32)33)8-17(16)35-20(27)31/h1-8,10H,9H2,(H,25,30)(H,26,29). The number of nitrogens with one attached hydrogen (secondary N) is 2. The second kappa shape index (κ2) is 8.81. The summed E-state index contributed by atoms with van der Waals surface area (Å²) in [5.74, 6) is -2.71. The summed E-state index contributed by atoms with van der Waals surface area (Å²) in [5, 5.41) is 15.3. The fourth-order valence-electron chi connectivity index (χ4n) is 3.21. The highest BCUT2D eigenvalue weighted by atomic mass is 19.4. The summed E-state index contributed by atoms with van der Waals surface area (Å²) < 4.78 is 51.4.